The van der Waals surface area contributed by atoms with Gasteiger partial charge in [0.05, 0.1) is 5.69 Å². The number of carbonyl (C=O) groups is 1. The van der Waals surface area contributed by atoms with Crippen LogP contribution >= 0.6 is 11.3 Å². The Labute approximate surface area is 133 Å². The Morgan fingerprint density at radius 1 is 1.36 bits per heavy atom. The van der Waals surface area contributed by atoms with Crippen molar-refractivity contribution < 1.29 is 9.90 Å². The topological polar surface area (TPSA) is 88.0 Å². The summed E-state index contributed by atoms with van der Waals surface area (Å²) in [5, 5.41) is 13.5. The first kappa shape index (κ1) is 16.5. The zero-order chi connectivity index (χ0) is 16.3. The van der Waals surface area contributed by atoms with Crippen molar-refractivity contribution in [3.05, 3.63) is 28.7 Å². The van der Waals surface area contributed by atoms with E-state index in [9.17, 15) is 9.90 Å². The summed E-state index contributed by atoms with van der Waals surface area (Å²) >= 11 is 1.44. The molecule has 2 N–H and O–H groups in total. The maximum absolute atomic E-state index is 12.1. The molecule has 0 aliphatic carbocycles. The van der Waals surface area contributed by atoms with E-state index in [1.54, 1.807) is 19.9 Å². The van der Waals surface area contributed by atoms with Crippen LogP contribution in [0.25, 0.3) is 10.7 Å². The fourth-order valence-electron chi connectivity index (χ4n) is 1.93. The lowest BCUT2D eigenvalue weighted by Crippen LogP contribution is -2.24. The summed E-state index contributed by atoms with van der Waals surface area (Å²) < 4.78 is 0. The van der Waals surface area contributed by atoms with Crippen molar-refractivity contribution >= 4 is 17.2 Å². The standard InChI is InChI=1S/C15H20N4O2S/c1-5-10-12(13(20)16-6-2)19-14(22-10)9-7-11(15(3,4)21)18-8-17-9/h7-8,21H,5-6H2,1-4H3,(H,16,20). The van der Waals surface area contributed by atoms with Gasteiger partial charge in [-0.3, -0.25) is 4.79 Å². The quantitative estimate of drug-likeness (QED) is 0.881. The number of rotatable bonds is 5. The summed E-state index contributed by atoms with van der Waals surface area (Å²) in [5.74, 6) is -0.168. The number of hydrogen-bond donors (Lipinski definition) is 2. The maximum Gasteiger partial charge on any atom is 0.271 e. The predicted octanol–water partition coefficient (Wildman–Crippen LogP) is 2.14. The van der Waals surface area contributed by atoms with Gasteiger partial charge in [0.15, 0.2) is 0 Å². The zero-order valence-electron chi connectivity index (χ0n) is 13.2. The molecule has 0 aliphatic rings. The first-order chi connectivity index (χ1) is 10.4. The Kier molecular flexibility index (Phi) is 4.87. The minimum atomic E-state index is -1.05. The molecular weight excluding hydrogens is 300 g/mol. The summed E-state index contributed by atoms with van der Waals surface area (Å²) in [6.45, 7) is 7.75. The van der Waals surface area contributed by atoms with E-state index < -0.39 is 5.60 Å². The molecule has 0 bridgehead atoms. The predicted molar refractivity (Wildman–Crippen MR) is 85.8 cm³/mol. The molecule has 2 aromatic rings. The van der Waals surface area contributed by atoms with Crippen LogP contribution in [0.15, 0.2) is 12.4 Å². The third kappa shape index (κ3) is 3.48. The second kappa shape index (κ2) is 6.50. The molecule has 0 saturated carbocycles. The van der Waals surface area contributed by atoms with Gasteiger partial charge in [0.25, 0.3) is 5.91 Å². The number of aliphatic hydroxyl groups is 1. The van der Waals surface area contributed by atoms with Gasteiger partial charge in [-0.25, -0.2) is 15.0 Å². The van der Waals surface area contributed by atoms with Crippen molar-refractivity contribution in [1.82, 2.24) is 20.3 Å². The van der Waals surface area contributed by atoms with Crippen molar-refractivity contribution in [1.29, 1.82) is 0 Å². The Bertz CT molecular complexity index is 676. The van der Waals surface area contributed by atoms with Gasteiger partial charge < -0.3 is 10.4 Å². The number of nitrogens with one attached hydrogen (secondary N) is 1. The number of amides is 1. The lowest BCUT2D eigenvalue weighted by atomic mass is 10.0. The second-order valence-electron chi connectivity index (χ2n) is 5.35. The van der Waals surface area contributed by atoms with Crippen LogP contribution < -0.4 is 5.32 Å². The summed E-state index contributed by atoms with van der Waals surface area (Å²) in [4.78, 5) is 25.7. The summed E-state index contributed by atoms with van der Waals surface area (Å²) in [6.07, 6.45) is 2.13. The molecule has 22 heavy (non-hydrogen) atoms. The summed E-state index contributed by atoms with van der Waals surface area (Å²) in [5.41, 5.74) is 0.533. The van der Waals surface area contributed by atoms with Gasteiger partial charge in [0.1, 0.15) is 28.3 Å². The Morgan fingerprint density at radius 2 is 2.09 bits per heavy atom. The van der Waals surface area contributed by atoms with Crippen LogP contribution in [0, 0.1) is 0 Å². The van der Waals surface area contributed by atoms with Gasteiger partial charge in [-0.15, -0.1) is 11.3 Å². The van der Waals surface area contributed by atoms with Crippen molar-refractivity contribution in [2.45, 2.75) is 39.7 Å². The molecule has 7 heteroatoms. The number of aryl methyl sites for hydroxylation is 1. The molecule has 0 aromatic carbocycles. The van der Waals surface area contributed by atoms with Gasteiger partial charge in [0, 0.05) is 11.4 Å². The molecule has 0 aliphatic heterocycles. The molecule has 6 nitrogen and oxygen atoms in total. The van der Waals surface area contributed by atoms with E-state index in [1.807, 2.05) is 13.8 Å². The highest BCUT2D eigenvalue weighted by Crippen LogP contribution is 2.29. The monoisotopic (exact) mass is 320 g/mol. The van der Waals surface area contributed by atoms with Crippen LogP contribution in [-0.2, 0) is 12.0 Å². The van der Waals surface area contributed by atoms with Gasteiger partial charge in [-0.2, -0.15) is 0 Å². The van der Waals surface area contributed by atoms with Gasteiger partial charge in [-0.05, 0) is 33.3 Å². The average molecular weight is 320 g/mol. The van der Waals surface area contributed by atoms with E-state index in [-0.39, 0.29) is 5.91 Å². The first-order valence-corrected chi connectivity index (χ1v) is 8.01. The van der Waals surface area contributed by atoms with Crippen LogP contribution in [-0.4, -0.2) is 32.5 Å². The second-order valence-corrected chi connectivity index (χ2v) is 6.43. The minimum absolute atomic E-state index is 0.168. The molecule has 0 saturated heterocycles. The Morgan fingerprint density at radius 3 is 2.68 bits per heavy atom. The van der Waals surface area contributed by atoms with Gasteiger partial charge in [0.2, 0.25) is 0 Å². The number of nitrogens with zero attached hydrogens (tertiary/aromatic N) is 3. The SMILES string of the molecule is CCNC(=O)c1nc(-c2cc(C(C)(C)O)ncn2)sc1CC. The molecule has 0 unspecified atom stereocenters. The fourth-order valence-corrected chi connectivity index (χ4v) is 2.90. The van der Waals surface area contributed by atoms with Crippen LogP contribution in [0.5, 0.6) is 0 Å². The lowest BCUT2D eigenvalue weighted by Gasteiger charge is -2.16. The molecular formula is C15H20N4O2S. The number of carbonyl (C=O) groups excluding carboxylic acids is 1. The maximum atomic E-state index is 12.1. The van der Waals surface area contributed by atoms with Crippen molar-refractivity contribution in [2.24, 2.45) is 0 Å². The molecule has 2 rings (SSSR count). The third-order valence-electron chi connectivity index (χ3n) is 3.08. The molecule has 1 amide bonds. The van der Waals surface area contributed by atoms with E-state index in [0.717, 1.165) is 11.3 Å². The van der Waals surface area contributed by atoms with Crippen LogP contribution in [0.2, 0.25) is 0 Å². The average Bonchev–Trinajstić information content (AvgIpc) is 2.91. The highest BCUT2D eigenvalue weighted by atomic mass is 32.1. The molecule has 0 atom stereocenters. The molecule has 2 heterocycles. The Balaban J connectivity index is 2.44. The normalized spacial score (nSPS) is 11.5. The first-order valence-electron chi connectivity index (χ1n) is 7.20. The van der Waals surface area contributed by atoms with E-state index in [2.05, 4.69) is 20.3 Å². The largest absolute Gasteiger partial charge is 0.384 e. The zero-order valence-corrected chi connectivity index (χ0v) is 14.0. The van der Waals surface area contributed by atoms with Gasteiger partial charge in [-0.1, -0.05) is 6.92 Å². The highest BCUT2D eigenvalue weighted by molar-refractivity contribution is 7.15. The number of hydrogen-bond acceptors (Lipinski definition) is 6. The van der Waals surface area contributed by atoms with Crippen molar-refractivity contribution in [3.63, 3.8) is 0 Å². The van der Waals surface area contributed by atoms with Crippen LogP contribution in [0.4, 0.5) is 0 Å². The van der Waals surface area contributed by atoms with Gasteiger partial charge >= 0.3 is 0 Å². The number of aromatic nitrogens is 3. The molecule has 0 fully saturated rings. The van der Waals surface area contributed by atoms with Crippen LogP contribution in [0.3, 0.4) is 0 Å². The van der Waals surface area contributed by atoms with E-state index in [4.69, 9.17) is 0 Å². The highest BCUT2D eigenvalue weighted by Gasteiger charge is 2.21. The molecule has 2 aromatic heterocycles. The smallest absolute Gasteiger partial charge is 0.271 e. The summed E-state index contributed by atoms with van der Waals surface area (Å²) in [6, 6.07) is 1.71. The van der Waals surface area contributed by atoms with Crippen molar-refractivity contribution in [2.75, 3.05) is 6.54 Å². The van der Waals surface area contributed by atoms with E-state index in [0.29, 0.717) is 28.6 Å². The molecule has 118 valence electrons. The van der Waals surface area contributed by atoms with E-state index in [1.165, 1.54) is 17.7 Å². The molecule has 0 radical (unpaired) electrons. The third-order valence-corrected chi connectivity index (χ3v) is 4.31. The minimum Gasteiger partial charge on any atom is -0.384 e. The molecule has 0 spiro atoms. The van der Waals surface area contributed by atoms with Crippen LogP contribution in [0.1, 0.15) is 48.8 Å². The van der Waals surface area contributed by atoms with E-state index >= 15 is 0 Å². The lowest BCUT2D eigenvalue weighted by molar-refractivity contribution is 0.0737. The number of thiazole rings is 1. The fraction of sp³-hybridized carbons (Fsp3) is 0.467. The van der Waals surface area contributed by atoms with Crippen molar-refractivity contribution in [3.8, 4) is 10.7 Å². The summed E-state index contributed by atoms with van der Waals surface area (Å²) in [7, 11) is 0. The Hall–Kier alpha value is -1.86.